The van der Waals surface area contributed by atoms with E-state index >= 15 is 0 Å². The van der Waals surface area contributed by atoms with Crippen molar-refractivity contribution in [1.82, 2.24) is 5.32 Å². The van der Waals surface area contributed by atoms with Crippen molar-refractivity contribution in [3.05, 3.63) is 34.6 Å². The van der Waals surface area contributed by atoms with E-state index in [4.69, 9.17) is 13.3 Å². The molecular weight excluding hydrogens is 393 g/mol. The lowest BCUT2D eigenvalue weighted by molar-refractivity contribution is 0.0704. The van der Waals surface area contributed by atoms with Gasteiger partial charge in [-0.15, -0.1) is 0 Å². The van der Waals surface area contributed by atoms with E-state index in [9.17, 15) is 26.7 Å². The summed E-state index contributed by atoms with van der Waals surface area (Å²) in [5.41, 5.74) is -1.52. The Morgan fingerprint density at radius 1 is 0.815 bits per heavy atom. The van der Waals surface area contributed by atoms with Crippen LogP contribution >= 0.6 is 0 Å². The highest BCUT2D eigenvalue weighted by Crippen LogP contribution is 2.23. The second-order valence-electron chi connectivity index (χ2n) is 5.29. The Morgan fingerprint density at radius 3 is 1.63 bits per heavy atom. The van der Waals surface area contributed by atoms with Gasteiger partial charge in [-0.05, 0) is 27.2 Å². The van der Waals surface area contributed by atoms with Gasteiger partial charge in [-0.2, -0.15) is 0 Å². The van der Waals surface area contributed by atoms with Gasteiger partial charge in [0.1, 0.15) is 5.56 Å². The number of benzene rings is 1. The molecular formula is C16H22F5NO4Si. The Labute approximate surface area is 155 Å². The third-order valence-electron chi connectivity index (χ3n) is 3.47. The van der Waals surface area contributed by atoms with Crippen molar-refractivity contribution in [2.75, 3.05) is 26.4 Å². The molecule has 0 bridgehead atoms. The summed E-state index contributed by atoms with van der Waals surface area (Å²) < 4.78 is 83.4. The molecule has 0 aliphatic rings. The number of amides is 1. The predicted molar refractivity (Wildman–Crippen MR) is 88.6 cm³/mol. The molecule has 1 N–H and O–H groups in total. The summed E-state index contributed by atoms with van der Waals surface area (Å²) in [4.78, 5) is 11.9. The Hall–Kier alpha value is -1.56. The van der Waals surface area contributed by atoms with Gasteiger partial charge in [0, 0.05) is 32.4 Å². The standard InChI is InChI=1S/C16H22F5NO4Si/c1-4-24-27(25-5-2,26-6-3)9-7-8-22-16(23)10-11(17)13(19)15(21)14(20)12(10)18/h4-9H2,1-3H3,(H,22,23). The van der Waals surface area contributed by atoms with Crippen molar-refractivity contribution in [3.63, 3.8) is 0 Å². The van der Waals surface area contributed by atoms with E-state index in [1.54, 1.807) is 20.8 Å². The van der Waals surface area contributed by atoms with Crippen LogP contribution < -0.4 is 5.32 Å². The van der Waals surface area contributed by atoms with E-state index in [1.807, 2.05) is 0 Å². The van der Waals surface area contributed by atoms with Crippen molar-refractivity contribution in [2.24, 2.45) is 0 Å². The first-order valence-electron chi connectivity index (χ1n) is 8.46. The molecule has 0 saturated heterocycles. The lowest BCUT2D eigenvalue weighted by Gasteiger charge is -2.28. The molecule has 0 unspecified atom stereocenters. The van der Waals surface area contributed by atoms with Crippen LogP contribution in [0.3, 0.4) is 0 Å². The first-order chi connectivity index (χ1) is 12.7. The normalized spacial score (nSPS) is 11.7. The molecule has 154 valence electrons. The van der Waals surface area contributed by atoms with Gasteiger partial charge >= 0.3 is 8.80 Å². The molecule has 0 aliphatic heterocycles. The largest absolute Gasteiger partial charge is 0.500 e. The van der Waals surface area contributed by atoms with E-state index in [0.29, 0.717) is 25.9 Å². The van der Waals surface area contributed by atoms with E-state index in [2.05, 4.69) is 5.32 Å². The van der Waals surface area contributed by atoms with E-state index < -0.39 is 49.4 Å². The summed E-state index contributed by atoms with van der Waals surface area (Å²) in [5.74, 6) is -12.4. The molecule has 0 saturated carbocycles. The maximum atomic E-state index is 13.6. The van der Waals surface area contributed by atoms with Gasteiger partial charge in [0.25, 0.3) is 5.91 Å². The molecule has 0 aliphatic carbocycles. The molecule has 0 radical (unpaired) electrons. The third kappa shape index (κ3) is 5.70. The smallest absolute Gasteiger partial charge is 0.374 e. The monoisotopic (exact) mass is 415 g/mol. The number of hydrogen-bond acceptors (Lipinski definition) is 4. The minimum atomic E-state index is -2.96. The average molecular weight is 415 g/mol. The minimum absolute atomic E-state index is 0.0969. The van der Waals surface area contributed by atoms with Gasteiger partial charge in [-0.1, -0.05) is 0 Å². The zero-order valence-corrected chi connectivity index (χ0v) is 16.3. The minimum Gasteiger partial charge on any atom is -0.374 e. The molecule has 0 heterocycles. The van der Waals surface area contributed by atoms with Crippen LogP contribution in [-0.4, -0.2) is 41.1 Å². The number of nitrogens with one attached hydrogen (secondary N) is 1. The second-order valence-corrected chi connectivity index (χ2v) is 8.02. The molecule has 1 rings (SSSR count). The molecule has 1 aromatic carbocycles. The van der Waals surface area contributed by atoms with E-state index in [0.717, 1.165) is 0 Å². The summed E-state index contributed by atoms with van der Waals surface area (Å²) in [6.07, 6.45) is 0.257. The lowest BCUT2D eigenvalue weighted by Crippen LogP contribution is -2.46. The number of hydrogen-bond donors (Lipinski definition) is 1. The lowest BCUT2D eigenvalue weighted by atomic mass is 10.1. The summed E-state index contributed by atoms with van der Waals surface area (Å²) in [6.45, 7) is 6.26. The van der Waals surface area contributed by atoms with Crippen molar-refractivity contribution >= 4 is 14.7 Å². The Kier molecular flexibility index (Phi) is 9.29. The fourth-order valence-corrected chi connectivity index (χ4v) is 5.01. The van der Waals surface area contributed by atoms with Crippen LogP contribution in [0.4, 0.5) is 22.0 Å². The van der Waals surface area contributed by atoms with E-state index in [-0.39, 0.29) is 13.0 Å². The zero-order chi connectivity index (χ0) is 20.6. The molecule has 1 amide bonds. The van der Waals surface area contributed by atoms with Gasteiger partial charge < -0.3 is 18.6 Å². The van der Waals surface area contributed by atoms with Crippen molar-refractivity contribution in [1.29, 1.82) is 0 Å². The summed E-state index contributed by atoms with van der Waals surface area (Å²) >= 11 is 0. The van der Waals surface area contributed by atoms with Crippen LogP contribution in [0.5, 0.6) is 0 Å². The van der Waals surface area contributed by atoms with Crippen LogP contribution in [0.25, 0.3) is 0 Å². The Morgan fingerprint density at radius 2 is 1.22 bits per heavy atom. The van der Waals surface area contributed by atoms with Crippen LogP contribution in [0.2, 0.25) is 6.04 Å². The van der Waals surface area contributed by atoms with E-state index in [1.165, 1.54) is 0 Å². The number of rotatable bonds is 11. The number of carbonyl (C=O) groups excluding carboxylic acids is 1. The average Bonchev–Trinajstić information content (AvgIpc) is 2.63. The highest BCUT2D eigenvalue weighted by molar-refractivity contribution is 6.60. The molecule has 0 atom stereocenters. The highest BCUT2D eigenvalue weighted by atomic mass is 28.4. The highest BCUT2D eigenvalue weighted by Gasteiger charge is 2.39. The molecule has 11 heteroatoms. The molecule has 1 aromatic rings. The quantitative estimate of drug-likeness (QED) is 0.197. The zero-order valence-electron chi connectivity index (χ0n) is 15.3. The second kappa shape index (κ2) is 10.7. The molecule has 5 nitrogen and oxygen atoms in total. The van der Waals surface area contributed by atoms with Crippen molar-refractivity contribution in [3.8, 4) is 0 Å². The fraction of sp³-hybridized carbons (Fsp3) is 0.562. The summed E-state index contributed by atoms with van der Waals surface area (Å²) in [5, 5.41) is 2.13. The SMILES string of the molecule is CCO[Si](CCCNC(=O)c1c(F)c(F)c(F)c(F)c1F)(OCC)OCC. The van der Waals surface area contributed by atoms with Gasteiger partial charge in [0.15, 0.2) is 23.3 Å². The summed E-state index contributed by atoms with van der Waals surface area (Å²) in [6, 6.07) is 0.305. The van der Waals surface area contributed by atoms with Crippen molar-refractivity contribution < 1.29 is 40.0 Å². The molecule has 27 heavy (non-hydrogen) atoms. The first kappa shape index (κ1) is 23.5. The van der Waals surface area contributed by atoms with Crippen molar-refractivity contribution in [2.45, 2.75) is 33.2 Å². The van der Waals surface area contributed by atoms with Gasteiger partial charge in [0.2, 0.25) is 5.82 Å². The fourth-order valence-electron chi connectivity index (χ4n) is 2.40. The third-order valence-corrected chi connectivity index (χ3v) is 6.63. The Balaban J connectivity index is 2.78. The molecule has 0 spiro atoms. The topological polar surface area (TPSA) is 56.8 Å². The van der Waals surface area contributed by atoms with Crippen LogP contribution in [-0.2, 0) is 13.3 Å². The van der Waals surface area contributed by atoms with Gasteiger partial charge in [0.05, 0.1) is 0 Å². The maximum Gasteiger partial charge on any atom is 0.500 e. The first-order valence-corrected chi connectivity index (χ1v) is 10.4. The molecule has 0 aromatic heterocycles. The van der Waals surface area contributed by atoms with Gasteiger partial charge in [-0.25, -0.2) is 22.0 Å². The maximum absolute atomic E-state index is 13.6. The number of halogens is 5. The van der Waals surface area contributed by atoms with Gasteiger partial charge in [-0.3, -0.25) is 4.79 Å². The Bertz CT molecular complexity index is 616. The predicted octanol–water partition coefficient (Wildman–Crippen LogP) is 3.55. The summed E-state index contributed by atoms with van der Waals surface area (Å²) in [7, 11) is -2.96. The van der Waals surface area contributed by atoms with Crippen LogP contribution in [0.15, 0.2) is 0 Å². The molecule has 0 fully saturated rings. The number of carbonyl (C=O) groups is 1. The van der Waals surface area contributed by atoms with Crippen LogP contribution in [0, 0.1) is 29.1 Å². The van der Waals surface area contributed by atoms with Crippen LogP contribution in [0.1, 0.15) is 37.6 Å².